The standard InChI is InChI=1S/C21H22N4O3/c1-23-20(26)18(15-6-8-16(28-2)9-7-15)19(21(23)27)25-13-11-24(12-14-25)17-5-3-4-10-22-17/h3-10H,11-14H2,1-2H3. The van der Waals surface area contributed by atoms with Crippen LogP contribution in [-0.2, 0) is 9.59 Å². The molecule has 0 unspecified atom stereocenters. The number of anilines is 1. The molecule has 0 atom stereocenters. The number of nitrogens with zero attached hydrogens (tertiary/aromatic N) is 4. The Kier molecular flexibility index (Phi) is 4.73. The predicted molar refractivity (Wildman–Crippen MR) is 106 cm³/mol. The van der Waals surface area contributed by atoms with Crippen LogP contribution in [0.5, 0.6) is 5.75 Å². The lowest BCUT2D eigenvalue weighted by Crippen LogP contribution is -2.47. The summed E-state index contributed by atoms with van der Waals surface area (Å²) in [5, 5.41) is 0. The fourth-order valence-corrected chi connectivity index (χ4v) is 3.64. The number of carbonyl (C=O) groups is 2. The van der Waals surface area contributed by atoms with Crippen molar-refractivity contribution in [3.05, 3.63) is 59.9 Å². The van der Waals surface area contributed by atoms with E-state index in [1.54, 1.807) is 25.4 Å². The molecule has 0 saturated carbocycles. The highest BCUT2D eigenvalue weighted by atomic mass is 16.5. The number of hydrogen-bond donors (Lipinski definition) is 0. The number of imide groups is 1. The number of carbonyl (C=O) groups excluding carboxylic acids is 2. The summed E-state index contributed by atoms with van der Waals surface area (Å²) in [6, 6.07) is 13.1. The first-order valence-electron chi connectivity index (χ1n) is 9.22. The maximum absolute atomic E-state index is 12.8. The van der Waals surface area contributed by atoms with Crippen molar-refractivity contribution < 1.29 is 14.3 Å². The second-order valence-electron chi connectivity index (χ2n) is 6.78. The Bertz CT molecular complexity index is 916. The molecular weight excluding hydrogens is 356 g/mol. The van der Waals surface area contributed by atoms with E-state index in [4.69, 9.17) is 4.74 Å². The van der Waals surface area contributed by atoms with E-state index < -0.39 is 0 Å². The van der Waals surface area contributed by atoms with E-state index in [-0.39, 0.29) is 11.8 Å². The van der Waals surface area contributed by atoms with E-state index in [0.29, 0.717) is 30.1 Å². The molecule has 1 saturated heterocycles. The average Bonchev–Trinajstić information content (AvgIpc) is 2.98. The number of ether oxygens (including phenoxy) is 1. The van der Waals surface area contributed by atoms with Gasteiger partial charge in [0.1, 0.15) is 17.3 Å². The van der Waals surface area contributed by atoms with Gasteiger partial charge in [-0.1, -0.05) is 18.2 Å². The third kappa shape index (κ3) is 3.09. The molecule has 0 bridgehead atoms. The van der Waals surface area contributed by atoms with Crippen molar-refractivity contribution in [2.75, 3.05) is 45.2 Å². The molecule has 7 heteroatoms. The first kappa shape index (κ1) is 18.0. The lowest BCUT2D eigenvalue weighted by atomic mass is 10.0. The number of amides is 2. The minimum atomic E-state index is -0.266. The van der Waals surface area contributed by atoms with Gasteiger partial charge < -0.3 is 14.5 Å². The molecule has 2 aliphatic rings. The van der Waals surface area contributed by atoms with Crippen molar-refractivity contribution in [2.24, 2.45) is 0 Å². The fraction of sp³-hybridized carbons (Fsp3) is 0.286. The molecule has 144 valence electrons. The Morgan fingerprint density at radius 1 is 0.893 bits per heavy atom. The van der Waals surface area contributed by atoms with E-state index in [1.165, 1.54) is 11.9 Å². The van der Waals surface area contributed by atoms with Gasteiger partial charge in [-0.15, -0.1) is 0 Å². The second-order valence-corrected chi connectivity index (χ2v) is 6.78. The van der Waals surface area contributed by atoms with Crippen LogP contribution in [0.4, 0.5) is 5.82 Å². The Balaban J connectivity index is 1.62. The fourth-order valence-electron chi connectivity index (χ4n) is 3.64. The maximum Gasteiger partial charge on any atom is 0.277 e. The van der Waals surface area contributed by atoms with E-state index in [0.717, 1.165) is 24.5 Å². The van der Waals surface area contributed by atoms with Crippen molar-refractivity contribution in [3.63, 3.8) is 0 Å². The molecule has 28 heavy (non-hydrogen) atoms. The van der Waals surface area contributed by atoms with Crippen LogP contribution in [0.3, 0.4) is 0 Å². The quantitative estimate of drug-likeness (QED) is 0.754. The van der Waals surface area contributed by atoms with Crippen LogP contribution in [0, 0.1) is 0 Å². The summed E-state index contributed by atoms with van der Waals surface area (Å²) in [6.07, 6.45) is 1.78. The number of methoxy groups -OCH3 is 1. The van der Waals surface area contributed by atoms with Gasteiger partial charge >= 0.3 is 0 Å². The van der Waals surface area contributed by atoms with Crippen molar-refractivity contribution in [1.82, 2.24) is 14.8 Å². The van der Waals surface area contributed by atoms with Crippen LogP contribution in [-0.4, -0.2) is 66.9 Å². The third-order valence-corrected chi connectivity index (χ3v) is 5.21. The molecule has 2 aromatic rings. The zero-order chi connectivity index (χ0) is 19.7. The summed E-state index contributed by atoms with van der Waals surface area (Å²) < 4.78 is 5.20. The summed E-state index contributed by atoms with van der Waals surface area (Å²) in [5.41, 5.74) is 1.67. The van der Waals surface area contributed by atoms with Gasteiger partial charge in [-0.2, -0.15) is 0 Å². The molecule has 2 amide bonds. The summed E-state index contributed by atoms with van der Waals surface area (Å²) in [6.45, 7) is 2.78. The van der Waals surface area contributed by atoms with Gasteiger partial charge in [0.25, 0.3) is 11.8 Å². The Morgan fingerprint density at radius 2 is 1.57 bits per heavy atom. The van der Waals surface area contributed by atoms with Gasteiger partial charge in [-0.25, -0.2) is 4.98 Å². The summed E-state index contributed by atoms with van der Waals surface area (Å²) >= 11 is 0. The molecule has 0 spiro atoms. The highest BCUT2D eigenvalue weighted by molar-refractivity contribution is 6.35. The lowest BCUT2D eigenvalue weighted by molar-refractivity contribution is -0.135. The van der Waals surface area contributed by atoms with Crippen molar-refractivity contribution >= 4 is 23.2 Å². The lowest BCUT2D eigenvalue weighted by Gasteiger charge is -2.37. The van der Waals surface area contributed by atoms with Gasteiger partial charge in [-0.05, 0) is 29.8 Å². The summed E-state index contributed by atoms with van der Waals surface area (Å²) in [7, 11) is 3.13. The monoisotopic (exact) mass is 378 g/mol. The molecule has 7 nitrogen and oxygen atoms in total. The molecule has 1 fully saturated rings. The van der Waals surface area contributed by atoms with E-state index in [1.807, 2.05) is 35.2 Å². The molecule has 4 rings (SSSR count). The van der Waals surface area contributed by atoms with Crippen LogP contribution in [0.15, 0.2) is 54.4 Å². The van der Waals surface area contributed by atoms with E-state index >= 15 is 0 Å². The number of piperazine rings is 1. The van der Waals surface area contributed by atoms with Crippen LogP contribution >= 0.6 is 0 Å². The predicted octanol–water partition coefficient (Wildman–Crippen LogP) is 1.62. The van der Waals surface area contributed by atoms with Gasteiger partial charge in [-0.3, -0.25) is 14.5 Å². The van der Waals surface area contributed by atoms with E-state index in [2.05, 4.69) is 9.88 Å². The second kappa shape index (κ2) is 7.34. The molecule has 0 aliphatic carbocycles. The summed E-state index contributed by atoms with van der Waals surface area (Å²) in [4.78, 5) is 35.4. The smallest absolute Gasteiger partial charge is 0.277 e. The molecule has 1 aromatic carbocycles. The number of likely N-dealkylation sites (N-methyl/N-ethyl adjacent to an activating group) is 1. The normalized spacial score (nSPS) is 17.6. The largest absolute Gasteiger partial charge is 0.497 e. The van der Waals surface area contributed by atoms with Crippen LogP contribution in [0.25, 0.3) is 5.57 Å². The third-order valence-electron chi connectivity index (χ3n) is 5.21. The number of benzene rings is 1. The maximum atomic E-state index is 12.8. The molecular formula is C21H22N4O3. The zero-order valence-electron chi connectivity index (χ0n) is 16.0. The van der Waals surface area contributed by atoms with Crippen LogP contribution in [0.1, 0.15) is 5.56 Å². The molecule has 2 aliphatic heterocycles. The number of aromatic nitrogens is 1. The SMILES string of the molecule is COc1ccc(C2=C(N3CCN(c4ccccn4)CC3)C(=O)N(C)C2=O)cc1. The average molecular weight is 378 g/mol. The minimum Gasteiger partial charge on any atom is -0.497 e. The van der Waals surface area contributed by atoms with Gasteiger partial charge in [0, 0.05) is 39.4 Å². The Labute approximate surface area is 163 Å². The van der Waals surface area contributed by atoms with Crippen molar-refractivity contribution in [3.8, 4) is 5.75 Å². The van der Waals surface area contributed by atoms with Crippen molar-refractivity contribution in [2.45, 2.75) is 0 Å². The number of hydrogen-bond acceptors (Lipinski definition) is 6. The number of pyridine rings is 1. The van der Waals surface area contributed by atoms with Gasteiger partial charge in [0.05, 0.1) is 12.7 Å². The van der Waals surface area contributed by atoms with E-state index in [9.17, 15) is 9.59 Å². The highest BCUT2D eigenvalue weighted by Gasteiger charge is 2.40. The van der Waals surface area contributed by atoms with Crippen LogP contribution < -0.4 is 9.64 Å². The summed E-state index contributed by atoms with van der Waals surface area (Å²) in [5.74, 6) is 1.12. The Hall–Kier alpha value is -3.35. The Morgan fingerprint density at radius 3 is 2.18 bits per heavy atom. The first-order valence-corrected chi connectivity index (χ1v) is 9.22. The van der Waals surface area contributed by atoms with Crippen LogP contribution in [0.2, 0.25) is 0 Å². The topological polar surface area (TPSA) is 66.0 Å². The van der Waals surface area contributed by atoms with Gasteiger partial charge in [0.15, 0.2) is 0 Å². The highest BCUT2D eigenvalue weighted by Crippen LogP contribution is 2.32. The molecule has 3 heterocycles. The zero-order valence-corrected chi connectivity index (χ0v) is 16.0. The van der Waals surface area contributed by atoms with Crippen molar-refractivity contribution in [1.29, 1.82) is 0 Å². The van der Waals surface area contributed by atoms with Gasteiger partial charge in [0.2, 0.25) is 0 Å². The number of rotatable bonds is 4. The molecule has 0 N–H and O–H groups in total. The first-order chi connectivity index (χ1) is 13.6. The molecule has 1 aromatic heterocycles. The minimum absolute atomic E-state index is 0.248. The molecule has 0 radical (unpaired) electrons.